The molecule has 0 spiro atoms. The van der Waals surface area contributed by atoms with E-state index >= 15 is 0 Å². The van der Waals surface area contributed by atoms with E-state index in [1.807, 2.05) is 0 Å². The molecule has 1 aliphatic rings. The highest BCUT2D eigenvalue weighted by Gasteiger charge is 2.30. The molecule has 2 amide bonds. The average Bonchev–Trinajstić information content (AvgIpc) is 2.73. The van der Waals surface area contributed by atoms with Crippen LogP contribution in [-0.4, -0.2) is 41.6 Å². The van der Waals surface area contributed by atoms with Gasteiger partial charge in [-0.25, -0.2) is 8.42 Å². The van der Waals surface area contributed by atoms with Crippen molar-refractivity contribution < 1.29 is 32.2 Å². The van der Waals surface area contributed by atoms with E-state index in [9.17, 15) is 18.0 Å². The van der Waals surface area contributed by atoms with Crippen LogP contribution in [0.1, 0.15) is 19.3 Å². The fraction of sp³-hybridized carbons (Fsp3) is 0.300. The lowest BCUT2D eigenvalue weighted by Crippen LogP contribution is -2.40. The zero-order chi connectivity index (χ0) is 21.9. The molecule has 0 aromatic heterocycles. The summed E-state index contributed by atoms with van der Waals surface area (Å²) >= 11 is 0. The van der Waals surface area contributed by atoms with E-state index in [2.05, 4.69) is 4.72 Å². The molecule has 30 heavy (non-hydrogen) atoms. The molecular formula is C20H22N2O7S. The van der Waals surface area contributed by atoms with Gasteiger partial charge in [0.2, 0.25) is 11.8 Å². The molecular weight excluding hydrogens is 412 g/mol. The Kier molecular flexibility index (Phi) is 6.16. The number of carbonyl (C=O) groups excluding carboxylic acids is 2. The monoisotopic (exact) mass is 434 g/mol. The van der Waals surface area contributed by atoms with Crippen LogP contribution in [0.3, 0.4) is 0 Å². The number of nitrogens with zero attached hydrogens (tertiary/aromatic N) is 1. The highest BCUT2D eigenvalue weighted by molar-refractivity contribution is 7.92. The van der Waals surface area contributed by atoms with Gasteiger partial charge in [0.1, 0.15) is 22.1 Å². The van der Waals surface area contributed by atoms with Gasteiger partial charge in [-0.1, -0.05) is 0 Å². The molecule has 1 N–H and O–H groups in total. The minimum Gasteiger partial charge on any atom is -0.497 e. The Balaban J connectivity index is 2.05. The first-order valence-electron chi connectivity index (χ1n) is 9.09. The predicted octanol–water partition coefficient (Wildman–Crippen LogP) is 2.56. The molecule has 1 heterocycles. The maximum atomic E-state index is 13.2. The fourth-order valence-electron chi connectivity index (χ4n) is 3.15. The molecule has 0 atom stereocenters. The molecule has 1 aliphatic heterocycles. The van der Waals surface area contributed by atoms with Crippen molar-refractivity contribution in [3.05, 3.63) is 36.4 Å². The first kappa shape index (κ1) is 21.4. The highest BCUT2D eigenvalue weighted by Crippen LogP contribution is 2.35. The lowest BCUT2D eigenvalue weighted by atomic mass is 10.1. The summed E-state index contributed by atoms with van der Waals surface area (Å²) in [4.78, 5) is 25.3. The predicted molar refractivity (Wildman–Crippen MR) is 110 cm³/mol. The van der Waals surface area contributed by atoms with Crippen molar-refractivity contribution in [1.29, 1.82) is 0 Å². The van der Waals surface area contributed by atoms with Gasteiger partial charge in [0.15, 0.2) is 0 Å². The normalized spacial score (nSPS) is 14.4. The quantitative estimate of drug-likeness (QED) is 0.667. The van der Waals surface area contributed by atoms with Gasteiger partial charge in [-0.15, -0.1) is 0 Å². The van der Waals surface area contributed by atoms with Crippen LogP contribution in [0, 0.1) is 0 Å². The van der Waals surface area contributed by atoms with Gasteiger partial charge in [0.05, 0.1) is 32.7 Å². The molecule has 0 saturated carbocycles. The molecule has 1 fully saturated rings. The van der Waals surface area contributed by atoms with Crippen molar-refractivity contribution in [1.82, 2.24) is 0 Å². The van der Waals surface area contributed by atoms with E-state index in [1.165, 1.54) is 45.6 Å². The summed E-state index contributed by atoms with van der Waals surface area (Å²) in [5.74, 6) is 0.0315. The topological polar surface area (TPSA) is 111 Å². The lowest BCUT2D eigenvalue weighted by Gasteiger charge is -2.25. The maximum Gasteiger partial charge on any atom is 0.265 e. The second-order valence-corrected chi connectivity index (χ2v) is 8.13. The number of sulfonamides is 1. The van der Waals surface area contributed by atoms with Crippen LogP contribution in [0.4, 0.5) is 11.4 Å². The van der Waals surface area contributed by atoms with Crippen molar-refractivity contribution in [2.75, 3.05) is 31.0 Å². The number of hydrogen-bond donors (Lipinski definition) is 1. The number of anilines is 2. The first-order valence-corrected chi connectivity index (χ1v) is 10.6. The van der Waals surface area contributed by atoms with Crippen LogP contribution in [0.2, 0.25) is 0 Å². The van der Waals surface area contributed by atoms with Crippen molar-refractivity contribution in [3.8, 4) is 17.2 Å². The third-order valence-electron chi connectivity index (χ3n) is 4.63. The Morgan fingerprint density at radius 1 is 0.867 bits per heavy atom. The van der Waals surface area contributed by atoms with Gasteiger partial charge >= 0.3 is 0 Å². The number of amides is 2. The van der Waals surface area contributed by atoms with E-state index in [-0.39, 0.29) is 52.4 Å². The van der Waals surface area contributed by atoms with Crippen molar-refractivity contribution in [2.45, 2.75) is 24.2 Å². The van der Waals surface area contributed by atoms with Gasteiger partial charge in [-0.2, -0.15) is 0 Å². The number of methoxy groups -OCH3 is 3. The smallest absolute Gasteiger partial charge is 0.265 e. The average molecular weight is 434 g/mol. The minimum atomic E-state index is -4.17. The summed E-state index contributed by atoms with van der Waals surface area (Å²) in [6.07, 6.45) is 0.922. The van der Waals surface area contributed by atoms with E-state index in [0.717, 1.165) is 4.90 Å². The summed E-state index contributed by atoms with van der Waals surface area (Å²) in [5, 5.41) is 0. The third kappa shape index (κ3) is 4.18. The van der Waals surface area contributed by atoms with Gasteiger partial charge in [0, 0.05) is 18.9 Å². The van der Waals surface area contributed by atoms with Crippen molar-refractivity contribution >= 4 is 33.2 Å². The van der Waals surface area contributed by atoms with Crippen LogP contribution >= 0.6 is 0 Å². The zero-order valence-electron chi connectivity index (χ0n) is 16.8. The third-order valence-corrected chi connectivity index (χ3v) is 6.01. The molecule has 2 aromatic carbocycles. The van der Waals surface area contributed by atoms with Crippen LogP contribution in [-0.2, 0) is 19.6 Å². The number of nitrogens with one attached hydrogen (secondary N) is 1. The number of hydrogen-bond acceptors (Lipinski definition) is 7. The minimum absolute atomic E-state index is 0.0602. The first-order chi connectivity index (χ1) is 14.3. The fourth-order valence-corrected chi connectivity index (χ4v) is 4.40. The van der Waals surface area contributed by atoms with Gasteiger partial charge in [0.25, 0.3) is 10.0 Å². The largest absolute Gasteiger partial charge is 0.497 e. The molecule has 1 saturated heterocycles. The van der Waals surface area contributed by atoms with E-state index in [4.69, 9.17) is 14.2 Å². The number of imide groups is 1. The highest BCUT2D eigenvalue weighted by atomic mass is 32.2. The number of benzene rings is 2. The molecule has 10 heteroatoms. The summed E-state index contributed by atoms with van der Waals surface area (Å²) < 4.78 is 44.4. The van der Waals surface area contributed by atoms with E-state index < -0.39 is 10.0 Å². The molecule has 0 radical (unpaired) electrons. The van der Waals surface area contributed by atoms with Crippen LogP contribution in [0.5, 0.6) is 17.2 Å². The van der Waals surface area contributed by atoms with Crippen molar-refractivity contribution in [3.63, 3.8) is 0 Å². The Bertz CT molecular complexity index is 1070. The number of rotatable bonds is 7. The summed E-state index contributed by atoms with van der Waals surface area (Å²) in [6, 6.07) is 8.80. The van der Waals surface area contributed by atoms with Crippen LogP contribution in [0.25, 0.3) is 0 Å². The van der Waals surface area contributed by atoms with Crippen molar-refractivity contribution in [2.24, 2.45) is 0 Å². The second kappa shape index (κ2) is 8.62. The molecule has 9 nitrogen and oxygen atoms in total. The number of piperidine rings is 1. The number of carbonyl (C=O) groups is 2. The lowest BCUT2D eigenvalue weighted by molar-refractivity contribution is -0.129. The zero-order valence-corrected chi connectivity index (χ0v) is 17.6. The molecule has 0 bridgehead atoms. The summed E-state index contributed by atoms with van der Waals surface area (Å²) in [5.41, 5.74) is 0.331. The summed E-state index contributed by atoms with van der Waals surface area (Å²) in [7, 11) is 0.0298. The van der Waals surface area contributed by atoms with Crippen LogP contribution < -0.4 is 23.8 Å². The molecule has 2 aromatic rings. The molecule has 0 aliphatic carbocycles. The van der Waals surface area contributed by atoms with Crippen LogP contribution in [0.15, 0.2) is 41.3 Å². The van der Waals surface area contributed by atoms with Gasteiger partial charge in [-0.05, 0) is 36.8 Å². The molecule has 0 unspecified atom stereocenters. The Hall–Kier alpha value is -3.27. The standard InChI is InChI=1S/C20H22N2O7S/c1-27-14-8-10-16(28-2)15(12-14)21-30(25,26)18-11-13(7-9-17(18)29-3)22-19(23)5-4-6-20(22)24/h7-12,21H,4-6H2,1-3H3. The summed E-state index contributed by atoms with van der Waals surface area (Å²) in [6.45, 7) is 0. The van der Waals surface area contributed by atoms with E-state index in [1.54, 1.807) is 12.1 Å². The Morgan fingerprint density at radius 3 is 2.10 bits per heavy atom. The van der Waals surface area contributed by atoms with Gasteiger partial charge < -0.3 is 14.2 Å². The second-order valence-electron chi connectivity index (χ2n) is 6.48. The Labute approximate surface area is 174 Å². The molecule has 160 valence electrons. The Morgan fingerprint density at radius 2 is 1.50 bits per heavy atom. The van der Waals surface area contributed by atoms with E-state index in [0.29, 0.717) is 12.2 Å². The SMILES string of the molecule is COc1ccc(OC)c(NS(=O)(=O)c2cc(N3C(=O)CCCC3=O)ccc2OC)c1. The number of ether oxygens (including phenoxy) is 3. The maximum absolute atomic E-state index is 13.2. The van der Waals surface area contributed by atoms with Gasteiger partial charge in [-0.3, -0.25) is 19.2 Å². The molecule has 3 rings (SSSR count).